The lowest BCUT2D eigenvalue weighted by Gasteiger charge is -2.39. The molecular formula is C22H46. The van der Waals surface area contributed by atoms with Gasteiger partial charge in [-0.3, -0.25) is 0 Å². The summed E-state index contributed by atoms with van der Waals surface area (Å²) in [7, 11) is 0. The monoisotopic (exact) mass is 310 g/mol. The van der Waals surface area contributed by atoms with E-state index >= 15 is 0 Å². The molecule has 0 fully saturated rings. The van der Waals surface area contributed by atoms with Gasteiger partial charge in [0.1, 0.15) is 0 Å². The number of hydrogen-bond donors (Lipinski definition) is 0. The van der Waals surface area contributed by atoms with Crippen LogP contribution in [0.25, 0.3) is 0 Å². The van der Waals surface area contributed by atoms with Crippen LogP contribution in [0.1, 0.15) is 131 Å². The molecule has 134 valence electrons. The predicted octanol–water partition coefficient (Wildman–Crippen LogP) is 8.54. The highest BCUT2D eigenvalue weighted by atomic mass is 14.4. The summed E-state index contributed by atoms with van der Waals surface area (Å²) >= 11 is 0. The molecule has 0 nitrogen and oxygen atoms in total. The second-order valence-electron chi connectivity index (χ2n) is 8.27. The maximum Gasteiger partial charge on any atom is -0.0297 e. The van der Waals surface area contributed by atoms with Gasteiger partial charge in [-0.15, -0.1) is 0 Å². The van der Waals surface area contributed by atoms with Crippen LogP contribution in [-0.2, 0) is 0 Å². The number of unbranched alkanes of at least 4 members (excludes halogenated alkanes) is 2. The smallest absolute Gasteiger partial charge is 0.0297 e. The number of rotatable bonds is 15. The van der Waals surface area contributed by atoms with Crippen molar-refractivity contribution in [1.82, 2.24) is 0 Å². The van der Waals surface area contributed by atoms with E-state index < -0.39 is 0 Å². The van der Waals surface area contributed by atoms with Crippen molar-refractivity contribution in [3.05, 3.63) is 0 Å². The molecule has 0 N–H and O–H groups in total. The molecule has 0 aromatic carbocycles. The maximum absolute atomic E-state index is 2.56. The van der Waals surface area contributed by atoms with Crippen molar-refractivity contribution in [1.29, 1.82) is 0 Å². The Kier molecular flexibility index (Phi) is 12.4. The van der Waals surface area contributed by atoms with Gasteiger partial charge in [0.25, 0.3) is 0 Å². The molecular weight excluding hydrogens is 264 g/mol. The fraction of sp³-hybridized carbons (Fsp3) is 1.00. The fourth-order valence-electron chi connectivity index (χ4n) is 4.71. The van der Waals surface area contributed by atoms with Crippen molar-refractivity contribution in [2.24, 2.45) is 10.8 Å². The first-order valence-corrected chi connectivity index (χ1v) is 10.5. The Bertz CT molecular complexity index is 228. The highest BCUT2D eigenvalue weighted by molar-refractivity contribution is 4.83. The van der Waals surface area contributed by atoms with Crippen molar-refractivity contribution in [2.75, 3.05) is 0 Å². The van der Waals surface area contributed by atoms with Gasteiger partial charge < -0.3 is 0 Å². The highest BCUT2D eigenvalue weighted by Gasteiger charge is 2.31. The minimum absolute atomic E-state index is 0.598. The van der Waals surface area contributed by atoms with Crippen molar-refractivity contribution in [3.8, 4) is 0 Å². The predicted molar refractivity (Wildman–Crippen MR) is 104 cm³/mol. The molecule has 0 aromatic heterocycles. The highest BCUT2D eigenvalue weighted by Crippen LogP contribution is 2.45. The summed E-state index contributed by atoms with van der Waals surface area (Å²) in [6, 6.07) is 0. The molecule has 0 rings (SSSR count). The first kappa shape index (κ1) is 22.0. The normalized spacial score (nSPS) is 12.8. The zero-order valence-corrected chi connectivity index (χ0v) is 16.9. The van der Waals surface area contributed by atoms with Crippen molar-refractivity contribution in [3.63, 3.8) is 0 Å². The first-order chi connectivity index (χ1) is 10.5. The van der Waals surface area contributed by atoms with Gasteiger partial charge in [-0.05, 0) is 55.8 Å². The van der Waals surface area contributed by atoms with Crippen LogP contribution in [0.4, 0.5) is 0 Å². The molecule has 0 aliphatic heterocycles. The van der Waals surface area contributed by atoms with E-state index in [4.69, 9.17) is 0 Å². The van der Waals surface area contributed by atoms with Gasteiger partial charge in [0.2, 0.25) is 0 Å². The van der Waals surface area contributed by atoms with E-state index in [1.54, 1.807) is 0 Å². The molecule has 0 aromatic rings. The van der Waals surface area contributed by atoms with Crippen LogP contribution in [0.2, 0.25) is 0 Å². The third kappa shape index (κ3) is 8.59. The van der Waals surface area contributed by atoms with E-state index in [1.807, 2.05) is 0 Å². The van der Waals surface area contributed by atoms with E-state index in [9.17, 15) is 0 Å². The van der Waals surface area contributed by atoms with E-state index in [0.29, 0.717) is 10.8 Å². The summed E-state index contributed by atoms with van der Waals surface area (Å²) in [5, 5.41) is 0. The van der Waals surface area contributed by atoms with Crippen LogP contribution in [-0.4, -0.2) is 0 Å². The molecule has 0 aliphatic rings. The molecule has 0 aliphatic carbocycles. The second-order valence-corrected chi connectivity index (χ2v) is 8.27. The quantitative estimate of drug-likeness (QED) is 0.266. The minimum Gasteiger partial charge on any atom is -0.0654 e. The van der Waals surface area contributed by atoms with Crippen LogP contribution in [0.3, 0.4) is 0 Å². The Balaban J connectivity index is 4.83. The van der Waals surface area contributed by atoms with Crippen LogP contribution in [0, 0.1) is 10.8 Å². The van der Waals surface area contributed by atoms with Gasteiger partial charge in [0, 0.05) is 0 Å². The molecule has 0 saturated heterocycles. The molecule has 22 heavy (non-hydrogen) atoms. The lowest BCUT2D eigenvalue weighted by molar-refractivity contribution is 0.134. The van der Waals surface area contributed by atoms with E-state index in [1.165, 1.54) is 89.9 Å². The Morgan fingerprint density at radius 2 is 0.955 bits per heavy atom. The summed E-state index contributed by atoms with van der Waals surface area (Å²) in [5.41, 5.74) is 1.25. The summed E-state index contributed by atoms with van der Waals surface area (Å²) in [6.45, 7) is 14.4. The van der Waals surface area contributed by atoms with Crippen LogP contribution in [0.5, 0.6) is 0 Å². The molecule has 0 heteroatoms. The van der Waals surface area contributed by atoms with E-state index in [0.717, 1.165) is 0 Å². The van der Waals surface area contributed by atoms with E-state index in [2.05, 4.69) is 41.5 Å². The van der Waals surface area contributed by atoms with Crippen LogP contribution in [0.15, 0.2) is 0 Å². The van der Waals surface area contributed by atoms with Gasteiger partial charge in [-0.25, -0.2) is 0 Å². The molecule has 0 heterocycles. The largest absolute Gasteiger partial charge is 0.0654 e. The Labute approximate surface area is 142 Å². The molecule has 0 spiro atoms. The molecule has 0 saturated carbocycles. The maximum atomic E-state index is 2.56. The van der Waals surface area contributed by atoms with Gasteiger partial charge in [-0.1, -0.05) is 86.5 Å². The van der Waals surface area contributed by atoms with Crippen molar-refractivity contribution < 1.29 is 0 Å². The van der Waals surface area contributed by atoms with Crippen LogP contribution < -0.4 is 0 Å². The van der Waals surface area contributed by atoms with Crippen LogP contribution >= 0.6 is 0 Å². The van der Waals surface area contributed by atoms with Crippen molar-refractivity contribution >= 4 is 0 Å². The molecule has 0 atom stereocenters. The second kappa shape index (κ2) is 12.4. The summed E-state index contributed by atoms with van der Waals surface area (Å²) < 4.78 is 0. The fourth-order valence-corrected chi connectivity index (χ4v) is 4.71. The Morgan fingerprint density at radius 1 is 0.455 bits per heavy atom. The third-order valence-corrected chi connectivity index (χ3v) is 5.84. The number of hydrogen-bond acceptors (Lipinski definition) is 0. The molecule has 0 unspecified atom stereocenters. The zero-order valence-electron chi connectivity index (χ0n) is 16.9. The Morgan fingerprint density at radius 3 is 1.36 bits per heavy atom. The Hall–Kier alpha value is 0. The average Bonchev–Trinajstić information content (AvgIpc) is 2.47. The lowest BCUT2D eigenvalue weighted by Crippen LogP contribution is -2.25. The summed E-state index contributed by atoms with van der Waals surface area (Å²) in [4.78, 5) is 0. The van der Waals surface area contributed by atoms with Gasteiger partial charge in [0.15, 0.2) is 0 Å². The minimum atomic E-state index is 0.598. The SMILES string of the molecule is CCCCCC(CCC)(CCC)CCC(C)(CCC)CCC. The third-order valence-electron chi connectivity index (χ3n) is 5.84. The van der Waals surface area contributed by atoms with Crippen molar-refractivity contribution in [2.45, 2.75) is 131 Å². The topological polar surface area (TPSA) is 0 Å². The van der Waals surface area contributed by atoms with Gasteiger partial charge >= 0.3 is 0 Å². The first-order valence-electron chi connectivity index (χ1n) is 10.5. The molecule has 0 amide bonds. The molecule has 0 radical (unpaired) electrons. The standard InChI is InChI=1S/C22H46/c1-7-12-13-18-22(16-10-4,17-11-5)20-19-21(6,14-8-2)15-9-3/h7-20H2,1-6H3. The average molecular weight is 311 g/mol. The molecule has 0 bridgehead atoms. The zero-order chi connectivity index (χ0) is 16.9. The van der Waals surface area contributed by atoms with Gasteiger partial charge in [0.05, 0.1) is 0 Å². The van der Waals surface area contributed by atoms with Gasteiger partial charge in [-0.2, -0.15) is 0 Å². The summed E-state index contributed by atoms with van der Waals surface area (Å²) in [5.74, 6) is 0. The lowest BCUT2D eigenvalue weighted by atomic mass is 9.67. The van der Waals surface area contributed by atoms with E-state index in [-0.39, 0.29) is 0 Å². The summed E-state index contributed by atoms with van der Waals surface area (Å²) in [6.07, 6.45) is 19.8.